The SMILES string of the molecule is COc1ccccc1CC(=O)N1CC(n2cc(COc3ccccc3)nn2)C1. The quantitative estimate of drug-likeness (QED) is 0.632. The predicted octanol–water partition coefficient (Wildman–Crippen LogP) is 2.49. The van der Waals surface area contributed by atoms with Gasteiger partial charge in [-0.05, 0) is 18.2 Å². The Balaban J connectivity index is 1.28. The molecule has 144 valence electrons. The number of aromatic nitrogens is 3. The van der Waals surface area contributed by atoms with Crippen LogP contribution < -0.4 is 9.47 Å². The maximum atomic E-state index is 12.5. The van der Waals surface area contributed by atoms with Crippen molar-refractivity contribution in [3.8, 4) is 11.5 Å². The summed E-state index contributed by atoms with van der Waals surface area (Å²) >= 11 is 0. The third kappa shape index (κ3) is 3.98. The average Bonchev–Trinajstić information content (AvgIpc) is 3.15. The Bertz CT molecular complexity index is 936. The number of hydrogen-bond acceptors (Lipinski definition) is 5. The van der Waals surface area contributed by atoms with E-state index in [0.29, 0.717) is 26.1 Å². The van der Waals surface area contributed by atoms with Crippen LogP contribution >= 0.6 is 0 Å². The van der Waals surface area contributed by atoms with Crippen molar-refractivity contribution >= 4 is 5.91 Å². The fourth-order valence-corrected chi connectivity index (χ4v) is 3.18. The first-order valence-corrected chi connectivity index (χ1v) is 9.21. The van der Waals surface area contributed by atoms with Crippen molar-refractivity contribution in [1.29, 1.82) is 0 Å². The molecule has 0 bridgehead atoms. The van der Waals surface area contributed by atoms with Gasteiger partial charge >= 0.3 is 0 Å². The van der Waals surface area contributed by atoms with Crippen LogP contribution in [0.4, 0.5) is 0 Å². The molecule has 0 aliphatic carbocycles. The van der Waals surface area contributed by atoms with Gasteiger partial charge in [0.1, 0.15) is 23.8 Å². The molecule has 1 fully saturated rings. The average molecular weight is 378 g/mol. The molecule has 1 aliphatic heterocycles. The van der Waals surface area contributed by atoms with Gasteiger partial charge in [0.15, 0.2) is 0 Å². The van der Waals surface area contributed by atoms with Gasteiger partial charge in [0.05, 0.1) is 25.8 Å². The van der Waals surface area contributed by atoms with Crippen molar-refractivity contribution in [3.05, 3.63) is 72.1 Å². The van der Waals surface area contributed by atoms with E-state index < -0.39 is 0 Å². The molecule has 28 heavy (non-hydrogen) atoms. The first-order valence-electron chi connectivity index (χ1n) is 9.21. The second-order valence-electron chi connectivity index (χ2n) is 6.73. The Hall–Kier alpha value is -3.35. The Labute approximate surface area is 163 Å². The van der Waals surface area contributed by atoms with Crippen LogP contribution in [-0.2, 0) is 17.8 Å². The molecule has 0 saturated carbocycles. The topological polar surface area (TPSA) is 69.5 Å². The van der Waals surface area contributed by atoms with E-state index in [1.54, 1.807) is 7.11 Å². The highest BCUT2D eigenvalue weighted by molar-refractivity contribution is 5.80. The number of nitrogens with zero attached hydrogens (tertiary/aromatic N) is 4. The van der Waals surface area contributed by atoms with Gasteiger partial charge in [0.2, 0.25) is 5.91 Å². The summed E-state index contributed by atoms with van der Waals surface area (Å²) in [6.45, 7) is 1.64. The molecule has 2 aromatic carbocycles. The van der Waals surface area contributed by atoms with Crippen LogP contribution in [0.3, 0.4) is 0 Å². The van der Waals surface area contributed by atoms with Crippen LogP contribution in [0.25, 0.3) is 0 Å². The van der Waals surface area contributed by atoms with E-state index in [0.717, 1.165) is 22.8 Å². The summed E-state index contributed by atoms with van der Waals surface area (Å²) in [5.41, 5.74) is 1.67. The lowest BCUT2D eigenvalue weighted by molar-refractivity contribution is -0.136. The van der Waals surface area contributed by atoms with Crippen molar-refractivity contribution < 1.29 is 14.3 Å². The van der Waals surface area contributed by atoms with E-state index in [1.165, 1.54) is 0 Å². The molecule has 1 saturated heterocycles. The zero-order valence-electron chi connectivity index (χ0n) is 15.7. The zero-order chi connectivity index (χ0) is 19.3. The second-order valence-corrected chi connectivity index (χ2v) is 6.73. The van der Waals surface area contributed by atoms with Gasteiger partial charge in [-0.1, -0.05) is 41.6 Å². The smallest absolute Gasteiger partial charge is 0.227 e. The third-order valence-electron chi connectivity index (χ3n) is 4.81. The maximum Gasteiger partial charge on any atom is 0.227 e. The Morgan fingerprint density at radius 2 is 1.86 bits per heavy atom. The van der Waals surface area contributed by atoms with Crippen LogP contribution in [-0.4, -0.2) is 46.0 Å². The molecule has 0 atom stereocenters. The largest absolute Gasteiger partial charge is 0.496 e. The second kappa shape index (κ2) is 8.12. The van der Waals surface area contributed by atoms with Gasteiger partial charge in [-0.3, -0.25) is 4.79 Å². The maximum absolute atomic E-state index is 12.5. The lowest BCUT2D eigenvalue weighted by Gasteiger charge is -2.39. The molecule has 1 aromatic heterocycles. The normalized spacial score (nSPS) is 13.8. The van der Waals surface area contributed by atoms with E-state index in [-0.39, 0.29) is 11.9 Å². The van der Waals surface area contributed by atoms with Crippen molar-refractivity contribution in [3.63, 3.8) is 0 Å². The Morgan fingerprint density at radius 1 is 1.11 bits per heavy atom. The van der Waals surface area contributed by atoms with Crippen LogP contribution in [0, 0.1) is 0 Å². The molecule has 0 unspecified atom stereocenters. The van der Waals surface area contributed by atoms with Crippen LogP contribution in [0.15, 0.2) is 60.8 Å². The van der Waals surface area contributed by atoms with Gasteiger partial charge in [-0.2, -0.15) is 0 Å². The molecule has 4 rings (SSSR count). The number of carbonyl (C=O) groups excluding carboxylic acids is 1. The summed E-state index contributed by atoms with van der Waals surface area (Å²) in [4.78, 5) is 14.3. The number of benzene rings is 2. The molecule has 1 amide bonds. The fraction of sp³-hybridized carbons (Fsp3) is 0.286. The van der Waals surface area contributed by atoms with Crippen molar-refractivity contribution in [2.75, 3.05) is 20.2 Å². The number of carbonyl (C=O) groups is 1. The van der Waals surface area contributed by atoms with E-state index in [9.17, 15) is 4.79 Å². The minimum atomic E-state index is 0.0912. The monoisotopic (exact) mass is 378 g/mol. The van der Waals surface area contributed by atoms with Crippen LogP contribution in [0.5, 0.6) is 11.5 Å². The molecule has 0 N–H and O–H groups in total. The first kappa shape index (κ1) is 18.0. The number of likely N-dealkylation sites (tertiary alicyclic amines) is 1. The molecule has 3 aromatic rings. The van der Waals surface area contributed by atoms with Crippen molar-refractivity contribution in [1.82, 2.24) is 19.9 Å². The number of hydrogen-bond donors (Lipinski definition) is 0. The van der Waals surface area contributed by atoms with Crippen molar-refractivity contribution in [2.45, 2.75) is 19.1 Å². The molecular weight excluding hydrogens is 356 g/mol. The number of para-hydroxylation sites is 2. The van der Waals surface area contributed by atoms with Gasteiger partial charge in [-0.25, -0.2) is 4.68 Å². The summed E-state index contributed by atoms with van der Waals surface area (Å²) in [5, 5.41) is 8.35. The number of methoxy groups -OCH3 is 1. The molecule has 0 spiro atoms. The number of amides is 1. The minimum absolute atomic E-state index is 0.0912. The van der Waals surface area contributed by atoms with Gasteiger partial charge in [-0.15, -0.1) is 5.10 Å². The molecular formula is C21H22N4O3. The third-order valence-corrected chi connectivity index (χ3v) is 4.81. The fourth-order valence-electron chi connectivity index (χ4n) is 3.18. The summed E-state index contributed by atoms with van der Waals surface area (Å²) in [5.74, 6) is 1.63. The summed E-state index contributed by atoms with van der Waals surface area (Å²) in [7, 11) is 1.62. The highest BCUT2D eigenvalue weighted by atomic mass is 16.5. The molecule has 2 heterocycles. The van der Waals surface area contributed by atoms with Crippen LogP contribution in [0.1, 0.15) is 17.3 Å². The highest BCUT2D eigenvalue weighted by Gasteiger charge is 2.32. The number of ether oxygens (including phenoxy) is 2. The Morgan fingerprint density at radius 3 is 2.64 bits per heavy atom. The molecule has 1 aliphatic rings. The highest BCUT2D eigenvalue weighted by Crippen LogP contribution is 2.24. The molecule has 7 heteroatoms. The van der Waals surface area contributed by atoms with E-state index in [2.05, 4.69) is 10.3 Å². The first-order chi connectivity index (χ1) is 13.7. The lowest BCUT2D eigenvalue weighted by Crippen LogP contribution is -2.51. The van der Waals surface area contributed by atoms with Gasteiger partial charge < -0.3 is 14.4 Å². The Kier molecular flexibility index (Phi) is 5.23. The van der Waals surface area contributed by atoms with Crippen molar-refractivity contribution in [2.24, 2.45) is 0 Å². The van der Waals surface area contributed by atoms with Crippen LogP contribution in [0.2, 0.25) is 0 Å². The van der Waals surface area contributed by atoms with E-state index in [4.69, 9.17) is 9.47 Å². The summed E-state index contributed by atoms with van der Waals surface area (Å²) in [6.07, 6.45) is 2.22. The predicted molar refractivity (Wildman–Crippen MR) is 103 cm³/mol. The van der Waals surface area contributed by atoms with Gasteiger partial charge in [0, 0.05) is 18.7 Å². The van der Waals surface area contributed by atoms with E-state index >= 15 is 0 Å². The summed E-state index contributed by atoms with van der Waals surface area (Å²) < 4.78 is 12.8. The standard InChI is InChI=1S/C21H22N4O3/c1-27-20-10-6-5-7-16(20)11-21(26)24-13-18(14-24)25-12-17(22-23-25)15-28-19-8-3-2-4-9-19/h2-10,12,18H,11,13-15H2,1H3. The summed E-state index contributed by atoms with van der Waals surface area (Å²) in [6, 6.07) is 17.4. The van der Waals surface area contributed by atoms with E-state index in [1.807, 2.05) is 70.4 Å². The molecule has 0 radical (unpaired) electrons. The number of rotatable bonds is 7. The lowest BCUT2D eigenvalue weighted by atomic mass is 10.1. The molecule has 7 nitrogen and oxygen atoms in total. The minimum Gasteiger partial charge on any atom is -0.496 e. The zero-order valence-corrected chi connectivity index (χ0v) is 15.7. The van der Waals surface area contributed by atoms with Gasteiger partial charge in [0.25, 0.3) is 0 Å².